The maximum atomic E-state index is 12.0. The van der Waals surface area contributed by atoms with Crippen LogP contribution in [0.5, 0.6) is 0 Å². The van der Waals surface area contributed by atoms with Crippen LogP contribution in [0.15, 0.2) is 0 Å². The Balaban J connectivity index is 2.18. The number of aromatic nitrogens is 2. The third-order valence-corrected chi connectivity index (χ3v) is 5.16. The predicted octanol–water partition coefficient (Wildman–Crippen LogP) is 2.66. The number of carbonyl (C=O) groups is 1. The smallest absolute Gasteiger partial charge is 0.261 e. The van der Waals surface area contributed by atoms with Crippen molar-refractivity contribution in [1.29, 1.82) is 0 Å². The number of amides is 1. The van der Waals surface area contributed by atoms with Crippen molar-refractivity contribution >= 4 is 33.3 Å². The molecule has 0 saturated carbocycles. The molecule has 0 bridgehead atoms. The molecule has 1 aliphatic heterocycles. The molecule has 0 radical (unpaired) electrons. The summed E-state index contributed by atoms with van der Waals surface area (Å²) in [4.78, 5) is 25.2. The van der Waals surface area contributed by atoms with E-state index in [4.69, 9.17) is 0 Å². The molecule has 0 spiro atoms. The minimum atomic E-state index is -0.0438. The first-order valence-electron chi connectivity index (χ1n) is 7.36. The second kappa shape index (κ2) is 5.60. The van der Waals surface area contributed by atoms with Gasteiger partial charge < -0.3 is 10.2 Å². The molecule has 3 heterocycles. The Morgan fingerprint density at radius 1 is 1.19 bits per heavy atom. The molecule has 1 saturated heterocycles. The van der Waals surface area contributed by atoms with Gasteiger partial charge in [-0.3, -0.25) is 4.79 Å². The van der Waals surface area contributed by atoms with Crippen molar-refractivity contribution in [2.45, 2.75) is 33.1 Å². The van der Waals surface area contributed by atoms with E-state index in [9.17, 15) is 4.79 Å². The van der Waals surface area contributed by atoms with E-state index in [-0.39, 0.29) is 5.91 Å². The highest BCUT2D eigenvalue weighted by atomic mass is 32.1. The number of nitrogens with one attached hydrogen (secondary N) is 1. The van der Waals surface area contributed by atoms with Crippen molar-refractivity contribution in [3.63, 3.8) is 0 Å². The van der Waals surface area contributed by atoms with Gasteiger partial charge in [-0.05, 0) is 38.7 Å². The molecule has 3 rings (SSSR count). The van der Waals surface area contributed by atoms with Crippen LogP contribution >= 0.6 is 11.3 Å². The number of hydrogen-bond acceptors (Lipinski definition) is 5. The van der Waals surface area contributed by atoms with Gasteiger partial charge in [0.25, 0.3) is 5.91 Å². The van der Waals surface area contributed by atoms with Crippen LogP contribution in [-0.4, -0.2) is 36.0 Å². The number of carbonyl (C=O) groups excluding carboxylic acids is 1. The van der Waals surface area contributed by atoms with E-state index in [1.807, 2.05) is 13.8 Å². The Morgan fingerprint density at radius 3 is 2.57 bits per heavy atom. The summed E-state index contributed by atoms with van der Waals surface area (Å²) in [6.07, 6.45) is 3.70. The highest BCUT2D eigenvalue weighted by molar-refractivity contribution is 7.20. The minimum absolute atomic E-state index is 0.0438. The summed E-state index contributed by atoms with van der Waals surface area (Å²) in [5.41, 5.74) is 0.995. The van der Waals surface area contributed by atoms with Gasteiger partial charge in [0.05, 0.1) is 10.3 Å². The number of aryl methyl sites for hydroxylation is 2. The van der Waals surface area contributed by atoms with Gasteiger partial charge in [-0.15, -0.1) is 11.3 Å². The van der Waals surface area contributed by atoms with Gasteiger partial charge >= 0.3 is 0 Å². The fourth-order valence-electron chi connectivity index (χ4n) is 2.89. The molecule has 1 fully saturated rings. The maximum Gasteiger partial charge on any atom is 0.261 e. The van der Waals surface area contributed by atoms with E-state index in [2.05, 4.69) is 20.2 Å². The third-order valence-electron chi connectivity index (χ3n) is 3.97. The van der Waals surface area contributed by atoms with Crippen molar-refractivity contribution < 1.29 is 4.79 Å². The average Bonchev–Trinajstić information content (AvgIpc) is 2.83. The number of rotatable bonds is 2. The number of fused-ring (bicyclic) bond motifs is 1. The Labute approximate surface area is 128 Å². The second-order valence-corrected chi connectivity index (χ2v) is 6.46. The number of nitrogens with zero attached hydrogens (tertiary/aromatic N) is 3. The van der Waals surface area contributed by atoms with Crippen molar-refractivity contribution in [3.05, 3.63) is 16.3 Å². The van der Waals surface area contributed by atoms with Gasteiger partial charge in [0, 0.05) is 20.1 Å². The van der Waals surface area contributed by atoms with Gasteiger partial charge in [0.15, 0.2) is 0 Å². The van der Waals surface area contributed by atoms with Crippen LogP contribution in [0.1, 0.15) is 40.3 Å². The van der Waals surface area contributed by atoms with E-state index in [1.54, 1.807) is 7.05 Å². The molecule has 1 N–H and O–H groups in total. The molecule has 0 atom stereocenters. The predicted molar refractivity (Wildman–Crippen MR) is 86.3 cm³/mol. The van der Waals surface area contributed by atoms with Crippen molar-refractivity contribution in [1.82, 2.24) is 15.3 Å². The number of anilines is 1. The van der Waals surface area contributed by atoms with Gasteiger partial charge in [-0.2, -0.15) is 0 Å². The minimum Gasteiger partial charge on any atom is -0.356 e. The van der Waals surface area contributed by atoms with Gasteiger partial charge in [0.2, 0.25) is 0 Å². The van der Waals surface area contributed by atoms with Crippen molar-refractivity contribution in [3.8, 4) is 0 Å². The summed E-state index contributed by atoms with van der Waals surface area (Å²) in [6.45, 7) is 5.99. The zero-order valence-electron chi connectivity index (χ0n) is 12.7. The molecule has 1 aliphatic rings. The monoisotopic (exact) mass is 304 g/mol. The molecule has 21 heavy (non-hydrogen) atoms. The van der Waals surface area contributed by atoms with Crippen LogP contribution in [0.3, 0.4) is 0 Å². The Hall–Kier alpha value is -1.69. The van der Waals surface area contributed by atoms with Crippen LogP contribution in [0, 0.1) is 13.8 Å². The highest BCUT2D eigenvalue weighted by Gasteiger charge is 2.23. The lowest BCUT2D eigenvalue weighted by atomic mass is 10.1. The van der Waals surface area contributed by atoms with Crippen LogP contribution in [0.2, 0.25) is 0 Å². The fraction of sp³-hybridized carbons (Fsp3) is 0.533. The molecule has 0 aromatic carbocycles. The lowest BCUT2D eigenvalue weighted by molar-refractivity contribution is 0.0966. The molecule has 5 nitrogen and oxygen atoms in total. The molecular weight excluding hydrogens is 284 g/mol. The molecular formula is C15H20N4OS. The van der Waals surface area contributed by atoms with Crippen LogP contribution in [0.25, 0.3) is 10.2 Å². The van der Waals surface area contributed by atoms with Crippen LogP contribution < -0.4 is 10.2 Å². The summed E-state index contributed by atoms with van der Waals surface area (Å²) in [5.74, 6) is 1.73. The van der Waals surface area contributed by atoms with Gasteiger partial charge in [-0.1, -0.05) is 0 Å². The van der Waals surface area contributed by atoms with Gasteiger partial charge in [-0.25, -0.2) is 9.97 Å². The van der Waals surface area contributed by atoms with E-state index in [0.717, 1.165) is 45.4 Å². The molecule has 1 amide bonds. The van der Waals surface area contributed by atoms with Crippen LogP contribution in [0.4, 0.5) is 5.82 Å². The first-order valence-corrected chi connectivity index (χ1v) is 8.18. The Morgan fingerprint density at radius 2 is 1.90 bits per heavy atom. The van der Waals surface area contributed by atoms with E-state index in [0.29, 0.717) is 0 Å². The van der Waals surface area contributed by atoms with Crippen molar-refractivity contribution in [2.75, 3.05) is 25.0 Å². The lowest BCUT2D eigenvalue weighted by Crippen LogP contribution is -2.30. The van der Waals surface area contributed by atoms with Crippen molar-refractivity contribution in [2.24, 2.45) is 0 Å². The maximum absolute atomic E-state index is 12.0. The average molecular weight is 304 g/mol. The second-order valence-electron chi connectivity index (χ2n) is 5.46. The van der Waals surface area contributed by atoms with E-state index >= 15 is 0 Å². The first kappa shape index (κ1) is 14.3. The summed E-state index contributed by atoms with van der Waals surface area (Å²) in [6, 6.07) is 0. The number of thiophene rings is 1. The number of piperidine rings is 1. The topological polar surface area (TPSA) is 58.1 Å². The normalized spacial score (nSPS) is 15.5. The summed E-state index contributed by atoms with van der Waals surface area (Å²) >= 11 is 1.46. The Bertz CT molecular complexity index is 689. The van der Waals surface area contributed by atoms with Crippen LogP contribution in [-0.2, 0) is 0 Å². The molecule has 2 aromatic heterocycles. The molecule has 2 aromatic rings. The zero-order valence-corrected chi connectivity index (χ0v) is 13.5. The summed E-state index contributed by atoms with van der Waals surface area (Å²) < 4.78 is 0. The van der Waals surface area contributed by atoms with E-state index < -0.39 is 0 Å². The quantitative estimate of drug-likeness (QED) is 0.926. The zero-order chi connectivity index (χ0) is 15.0. The standard InChI is InChI=1S/C15H20N4OS/c1-9-11-13(19-7-5-4-6-8-19)17-10(2)18-15(11)21-12(9)14(20)16-3/h4-8H2,1-3H3,(H,16,20). The van der Waals surface area contributed by atoms with Gasteiger partial charge in [0.1, 0.15) is 16.5 Å². The summed E-state index contributed by atoms with van der Waals surface area (Å²) in [5, 5.41) is 3.75. The SMILES string of the molecule is CNC(=O)c1sc2nc(C)nc(N3CCCCC3)c2c1C. The lowest BCUT2D eigenvalue weighted by Gasteiger charge is -2.28. The molecule has 0 aliphatic carbocycles. The first-order chi connectivity index (χ1) is 10.1. The summed E-state index contributed by atoms with van der Waals surface area (Å²) in [7, 11) is 1.66. The molecule has 6 heteroatoms. The fourth-order valence-corrected chi connectivity index (χ4v) is 4.05. The largest absolute Gasteiger partial charge is 0.356 e. The Kier molecular flexibility index (Phi) is 3.80. The van der Waals surface area contributed by atoms with E-state index in [1.165, 1.54) is 30.6 Å². The molecule has 0 unspecified atom stereocenters. The third kappa shape index (κ3) is 2.48. The number of hydrogen-bond donors (Lipinski definition) is 1. The molecule has 112 valence electrons. The highest BCUT2D eigenvalue weighted by Crippen LogP contribution is 2.36.